The van der Waals surface area contributed by atoms with Crippen molar-refractivity contribution in [2.24, 2.45) is 0 Å². The highest BCUT2D eigenvalue weighted by atomic mass is 15.1. The van der Waals surface area contributed by atoms with Gasteiger partial charge in [0.25, 0.3) is 0 Å². The second kappa shape index (κ2) is 6.95. The van der Waals surface area contributed by atoms with Gasteiger partial charge in [0.05, 0.1) is 20.1 Å². The second-order valence-corrected chi connectivity index (χ2v) is 6.41. The van der Waals surface area contributed by atoms with Crippen LogP contribution in [0.2, 0.25) is 0 Å². The van der Waals surface area contributed by atoms with Crippen molar-refractivity contribution in [3.63, 3.8) is 0 Å². The summed E-state index contributed by atoms with van der Waals surface area (Å²) in [6.07, 6.45) is 12.2. The first-order valence-electron chi connectivity index (χ1n) is 8.35. The minimum absolute atomic E-state index is 1.16. The van der Waals surface area contributed by atoms with Crippen LogP contribution in [0.25, 0.3) is 6.08 Å². The molecule has 2 heterocycles. The van der Waals surface area contributed by atoms with Crippen molar-refractivity contribution in [1.29, 1.82) is 0 Å². The van der Waals surface area contributed by atoms with Gasteiger partial charge in [0.2, 0.25) is 0 Å². The Morgan fingerprint density at radius 1 is 1.00 bits per heavy atom. The van der Waals surface area contributed by atoms with Gasteiger partial charge >= 0.3 is 0 Å². The first-order chi connectivity index (χ1) is 10.3. The van der Waals surface area contributed by atoms with Gasteiger partial charge in [0.1, 0.15) is 0 Å². The second-order valence-electron chi connectivity index (χ2n) is 6.41. The summed E-state index contributed by atoms with van der Waals surface area (Å²) in [6, 6.07) is 9.05. The van der Waals surface area contributed by atoms with E-state index in [4.69, 9.17) is 0 Å². The van der Waals surface area contributed by atoms with Crippen molar-refractivity contribution in [3.8, 4) is 0 Å². The molecule has 0 spiro atoms. The molecular weight excluding hydrogens is 256 g/mol. The van der Waals surface area contributed by atoms with Crippen LogP contribution < -0.4 is 9.80 Å². The highest BCUT2D eigenvalue weighted by Gasteiger charge is 2.10. The maximum atomic E-state index is 2.51. The number of hydrogen-bond donors (Lipinski definition) is 1. The van der Waals surface area contributed by atoms with Crippen molar-refractivity contribution < 1.29 is 4.90 Å². The van der Waals surface area contributed by atoms with E-state index in [0.717, 1.165) is 6.54 Å². The van der Waals surface area contributed by atoms with E-state index in [1.165, 1.54) is 62.1 Å². The van der Waals surface area contributed by atoms with Crippen LogP contribution in [-0.2, 0) is 0 Å². The Kier molecular flexibility index (Phi) is 4.76. The molecule has 2 heteroatoms. The number of anilines is 1. The molecule has 1 atom stereocenters. The van der Waals surface area contributed by atoms with Crippen LogP contribution in [0.4, 0.5) is 5.69 Å². The molecule has 0 aromatic heterocycles. The van der Waals surface area contributed by atoms with Crippen molar-refractivity contribution >= 4 is 11.8 Å². The van der Waals surface area contributed by atoms with E-state index in [-0.39, 0.29) is 0 Å². The van der Waals surface area contributed by atoms with E-state index in [2.05, 4.69) is 54.4 Å². The molecule has 1 unspecified atom stereocenters. The summed E-state index contributed by atoms with van der Waals surface area (Å²) in [6.45, 7) is 4.85. The summed E-state index contributed by atoms with van der Waals surface area (Å²) in [5.74, 6) is 0. The van der Waals surface area contributed by atoms with Gasteiger partial charge in [-0.1, -0.05) is 24.3 Å². The van der Waals surface area contributed by atoms with E-state index in [1.807, 2.05) is 0 Å². The average Bonchev–Trinajstić information content (AvgIpc) is 2.56. The fourth-order valence-electron chi connectivity index (χ4n) is 3.17. The molecule has 1 fully saturated rings. The molecule has 21 heavy (non-hydrogen) atoms. The number of piperidine rings is 1. The lowest BCUT2D eigenvalue weighted by molar-refractivity contribution is -0.874. The van der Waals surface area contributed by atoms with Crippen LogP contribution in [0, 0.1) is 0 Å². The molecule has 0 bridgehead atoms. The van der Waals surface area contributed by atoms with Crippen molar-refractivity contribution in [3.05, 3.63) is 47.6 Å². The number of hydrogen-bond acceptors (Lipinski definition) is 1. The SMILES string of the molecule is C[NH+]1CC=C(/C=C/c2ccc(N3CCCCC3)cc2)CC1. The molecule has 0 radical (unpaired) electrons. The fourth-order valence-corrected chi connectivity index (χ4v) is 3.17. The molecule has 2 aliphatic rings. The summed E-state index contributed by atoms with van der Waals surface area (Å²) in [4.78, 5) is 4.12. The van der Waals surface area contributed by atoms with Crippen LogP contribution in [0.1, 0.15) is 31.2 Å². The summed E-state index contributed by atoms with van der Waals surface area (Å²) in [7, 11) is 2.26. The maximum Gasteiger partial charge on any atom is 0.0961 e. The van der Waals surface area contributed by atoms with Gasteiger partial charge in [-0.25, -0.2) is 0 Å². The van der Waals surface area contributed by atoms with Crippen LogP contribution in [0.5, 0.6) is 0 Å². The molecule has 2 nitrogen and oxygen atoms in total. The van der Waals surface area contributed by atoms with Crippen LogP contribution in [0.3, 0.4) is 0 Å². The van der Waals surface area contributed by atoms with Gasteiger partial charge in [-0.15, -0.1) is 0 Å². The Bertz CT molecular complexity index is 507. The normalized spacial score (nSPS) is 23.4. The lowest BCUT2D eigenvalue weighted by Crippen LogP contribution is -3.09. The zero-order chi connectivity index (χ0) is 14.5. The molecule has 1 aromatic carbocycles. The van der Waals surface area contributed by atoms with Crippen LogP contribution in [0.15, 0.2) is 42.0 Å². The molecule has 3 rings (SSSR count). The van der Waals surface area contributed by atoms with E-state index in [9.17, 15) is 0 Å². The van der Waals surface area contributed by atoms with E-state index >= 15 is 0 Å². The van der Waals surface area contributed by atoms with Gasteiger partial charge in [0, 0.05) is 25.2 Å². The summed E-state index contributed by atoms with van der Waals surface area (Å²) in [5, 5.41) is 0. The Balaban J connectivity index is 1.61. The number of quaternary nitrogens is 1. The predicted octanol–water partition coefficient (Wildman–Crippen LogP) is 2.53. The summed E-state index contributed by atoms with van der Waals surface area (Å²) < 4.78 is 0. The smallest absolute Gasteiger partial charge is 0.0961 e. The highest BCUT2D eigenvalue weighted by molar-refractivity contribution is 5.58. The van der Waals surface area contributed by atoms with Gasteiger partial charge in [-0.3, -0.25) is 0 Å². The Morgan fingerprint density at radius 2 is 1.76 bits per heavy atom. The molecule has 1 saturated heterocycles. The van der Waals surface area contributed by atoms with Crippen molar-refractivity contribution in [1.82, 2.24) is 0 Å². The Hall–Kier alpha value is -1.54. The van der Waals surface area contributed by atoms with Crippen LogP contribution in [-0.4, -0.2) is 33.2 Å². The number of nitrogens with one attached hydrogen (secondary N) is 1. The first kappa shape index (κ1) is 14.4. The van der Waals surface area contributed by atoms with Crippen molar-refractivity contribution in [2.75, 3.05) is 38.1 Å². The predicted molar refractivity (Wildman–Crippen MR) is 90.9 cm³/mol. The lowest BCUT2D eigenvalue weighted by atomic mass is 10.1. The van der Waals surface area contributed by atoms with Crippen LogP contribution >= 0.6 is 0 Å². The average molecular weight is 283 g/mol. The van der Waals surface area contributed by atoms with E-state index in [0.29, 0.717) is 0 Å². The number of rotatable bonds is 3. The zero-order valence-electron chi connectivity index (χ0n) is 13.1. The van der Waals surface area contributed by atoms with E-state index < -0.39 is 0 Å². The minimum Gasteiger partial charge on any atom is -0.372 e. The zero-order valence-corrected chi connectivity index (χ0v) is 13.1. The van der Waals surface area contributed by atoms with Gasteiger partial charge in [-0.2, -0.15) is 0 Å². The maximum absolute atomic E-state index is 2.51. The third kappa shape index (κ3) is 3.98. The van der Waals surface area contributed by atoms with Crippen molar-refractivity contribution in [2.45, 2.75) is 25.7 Å². The number of likely N-dealkylation sites (N-methyl/N-ethyl adjacent to an activating group) is 1. The number of benzene rings is 1. The monoisotopic (exact) mass is 283 g/mol. The molecule has 0 aliphatic carbocycles. The fraction of sp³-hybridized carbons (Fsp3) is 0.474. The molecule has 112 valence electrons. The molecule has 1 N–H and O–H groups in total. The van der Waals surface area contributed by atoms with E-state index in [1.54, 1.807) is 4.90 Å². The molecule has 0 amide bonds. The summed E-state index contributed by atoms with van der Waals surface area (Å²) >= 11 is 0. The Labute approximate surface area is 128 Å². The third-order valence-corrected chi connectivity index (χ3v) is 4.66. The molecule has 1 aromatic rings. The minimum atomic E-state index is 1.16. The standard InChI is InChI=1S/C19H26N2/c1-20-15-11-18(12-16-20)6-5-17-7-9-19(10-8-17)21-13-3-2-4-14-21/h5-11H,2-4,12-16H2,1H3/p+1/b6-5+. The number of allylic oxidation sites excluding steroid dienone is 1. The van der Waals surface area contributed by atoms with Gasteiger partial charge in [-0.05, 0) is 48.6 Å². The largest absolute Gasteiger partial charge is 0.372 e. The molecule has 0 saturated carbocycles. The third-order valence-electron chi connectivity index (χ3n) is 4.66. The summed E-state index contributed by atoms with van der Waals surface area (Å²) in [5.41, 5.74) is 4.18. The quantitative estimate of drug-likeness (QED) is 0.896. The topological polar surface area (TPSA) is 7.68 Å². The van der Waals surface area contributed by atoms with Gasteiger partial charge in [0.15, 0.2) is 0 Å². The molecule has 2 aliphatic heterocycles. The molecular formula is C19H27N2+. The Morgan fingerprint density at radius 3 is 2.43 bits per heavy atom. The first-order valence-corrected chi connectivity index (χ1v) is 8.35. The highest BCUT2D eigenvalue weighted by Crippen LogP contribution is 2.20. The van der Waals surface area contributed by atoms with Gasteiger partial charge < -0.3 is 9.80 Å². The lowest BCUT2D eigenvalue weighted by Gasteiger charge is -2.28. The number of nitrogens with zero attached hydrogens (tertiary/aromatic N) is 1.